The first kappa shape index (κ1) is 56.1. The summed E-state index contributed by atoms with van der Waals surface area (Å²) in [5.41, 5.74) is 5.57. The molecule has 0 rings (SSSR count). The zero-order valence-corrected chi connectivity index (χ0v) is 37.7. The molecule has 0 aromatic heterocycles. The lowest BCUT2D eigenvalue weighted by atomic mass is 10.1. The first-order valence-electron chi connectivity index (χ1n) is 21.8. The molecule has 336 valence electrons. The molecule has 0 aromatic rings. The van der Waals surface area contributed by atoms with Crippen molar-refractivity contribution in [1.29, 1.82) is 0 Å². The summed E-state index contributed by atoms with van der Waals surface area (Å²) >= 11 is 0. The zero-order chi connectivity index (χ0) is 44.2. The number of unbranched alkanes of at least 4 members (excludes halogenated alkanes) is 4. The summed E-state index contributed by atoms with van der Waals surface area (Å²) in [5, 5.41) is 0. The Labute approximate surface area is 362 Å². The van der Waals surface area contributed by atoms with Crippen LogP contribution in [0.15, 0.2) is 122 Å². The first-order valence-corrected chi connectivity index (χ1v) is 23.3. The molecule has 0 saturated heterocycles. The number of phosphoric ester groups is 1. The van der Waals surface area contributed by atoms with Crippen LogP contribution in [0.4, 0.5) is 0 Å². The van der Waals surface area contributed by atoms with Crippen LogP contribution in [-0.2, 0) is 37.5 Å². The van der Waals surface area contributed by atoms with Gasteiger partial charge in [0.1, 0.15) is 12.4 Å². The van der Waals surface area contributed by atoms with Crippen molar-refractivity contribution in [3.8, 4) is 0 Å². The Hall–Kier alpha value is -3.92. The van der Waals surface area contributed by atoms with Crippen molar-refractivity contribution in [1.82, 2.24) is 0 Å². The Morgan fingerprint density at radius 3 is 1.37 bits per heavy atom. The highest BCUT2D eigenvalue weighted by Crippen LogP contribution is 2.43. The number of esters is 2. The molecule has 3 N–H and O–H groups in total. The van der Waals surface area contributed by atoms with Gasteiger partial charge in [-0.3, -0.25) is 23.4 Å². The third-order valence-corrected chi connectivity index (χ3v) is 9.38. The molecule has 0 spiro atoms. The van der Waals surface area contributed by atoms with Crippen LogP contribution < -0.4 is 5.73 Å². The predicted molar refractivity (Wildman–Crippen MR) is 247 cm³/mol. The van der Waals surface area contributed by atoms with Crippen LogP contribution in [0.1, 0.15) is 136 Å². The molecular weight excluding hydrogens is 778 g/mol. The molecule has 0 amide bonds. The molecule has 60 heavy (non-hydrogen) atoms. The molecule has 0 bridgehead atoms. The number of ketones is 1. The van der Waals surface area contributed by atoms with Gasteiger partial charge in [0.15, 0.2) is 6.10 Å². The molecule has 10 nitrogen and oxygen atoms in total. The molecule has 11 heteroatoms. The Morgan fingerprint density at radius 1 is 0.533 bits per heavy atom. The quantitative estimate of drug-likeness (QED) is 0.0266. The second kappa shape index (κ2) is 41.8. The summed E-state index contributed by atoms with van der Waals surface area (Å²) in [6.45, 7) is 4.08. The lowest BCUT2D eigenvalue weighted by Crippen LogP contribution is -2.33. The van der Waals surface area contributed by atoms with Crippen LogP contribution in [0.2, 0.25) is 0 Å². The Balaban J connectivity index is 4.64. The lowest BCUT2D eigenvalue weighted by Gasteiger charge is -2.20. The molecule has 0 heterocycles. The molecule has 0 saturated carbocycles. The average Bonchev–Trinajstić information content (AvgIpc) is 3.22. The summed E-state index contributed by atoms with van der Waals surface area (Å²) < 4.78 is 32.9. The van der Waals surface area contributed by atoms with Crippen molar-refractivity contribution < 1.29 is 42.4 Å². The van der Waals surface area contributed by atoms with E-state index in [2.05, 4.69) is 111 Å². The first-order chi connectivity index (χ1) is 29.1. The third-order valence-electron chi connectivity index (χ3n) is 8.43. The molecule has 0 aliphatic rings. The monoisotopic (exact) mass is 854 g/mol. The Kier molecular flexibility index (Phi) is 39.1. The number of carbonyl (C=O) groups excluding carboxylic acids is 3. The number of carbonyl (C=O) groups is 3. The van der Waals surface area contributed by atoms with Gasteiger partial charge in [-0.15, -0.1) is 0 Å². The van der Waals surface area contributed by atoms with E-state index in [4.69, 9.17) is 24.3 Å². The zero-order valence-electron chi connectivity index (χ0n) is 36.8. The normalized spacial score (nSPS) is 14.9. The highest BCUT2D eigenvalue weighted by molar-refractivity contribution is 7.47. The number of phosphoric acid groups is 1. The number of Topliss-reactive ketones (excluding diaryl/α,β-unsaturated/α-hetero) is 1. The van der Waals surface area contributed by atoms with Gasteiger partial charge in [-0.05, 0) is 90.4 Å². The van der Waals surface area contributed by atoms with E-state index in [9.17, 15) is 23.8 Å². The molecule has 0 aliphatic heterocycles. The minimum atomic E-state index is -4.65. The van der Waals surface area contributed by atoms with Crippen molar-refractivity contribution in [3.63, 3.8) is 0 Å². The predicted octanol–water partition coefficient (Wildman–Crippen LogP) is 12.1. The van der Waals surface area contributed by atoms with E-state index in [-0.39, 0.29) is 19.4 Å². The van der Waals surface area contributed by atoms with Crippen molar-refractivity contribution in [2.45, 2.75) is 148 Å². The molecule has 3 unspecified atom stereocenters. The number of rotatable bonds is 38. The number of hydrogen-bond acceptors (Lipinski definition) is 9. The fourth-order valence-corrected chi connectivity index (χ4v) is 5.68. The van der Waals surface area contributed by atoms with Crippen molar-refractivity contribution in [2.24, 2.45) is 5.73 Å². The molecular formula is C49H76NO9P. The third kappa shape index (κ3) is 40.8. The number of ether oxygens (including phenoxy) is 2. The summed E-state index contributed by atoms with van der Waals surface area (Å²) in [6.07, 6.45) is 56.3. The van der Waals surface area contributed by atoms with E-state index >= 15 is 0 Å². The number of nitrogens with two attached hydrogens (primary N) is 1. The summed E-state index contributed by atoms with van der Waals surface area (Å²) in [4.78, 5) is 46.5. The van der Waals surface area contributed by atoms with Crippen molar-refractivity contribution in [3.05, 3.63) is 122 Å². The van der Waals surface area contributed by atoms with Gasteiger partial charge < -0.3 is 20.1 Å². The fourth-order valence-electron chi connectivity index (χ4n) is 4.91. The van der Waals surface area contributed by atoms with Crippen LogP contribution in [0, 0.1) is 0 Å². The number of hydrogen-bond donors (Lipinski definition) is 2. The van der Waals surface area contributed by atoms with Crippen LogP contribution in [0.5, 0.6) is 0 Å². The van der Waals surface area contributed by atoms with Gasteiger partial charge in [0.25, 0.3) is 0 Å². The lowest BCUT2D eigenvalue weighted by molar-refractivity contribution is -0.161. The molecule has 0 fully saturated rings. The van der Waals surface area contributed by atoms with Gasteiger partial charge in [0.05, 0.1) is 19.3 Å². The van der Waals surface area contributed by atoms with E-state index < -0.39 is 50.9 Å². The second-order valence-electron chi connectivity index (χ2n) is 14.0. The van der Waals surface area contributed by atoms with Gasteiger partial charge in [-0.1, -0.05) is 155 Å². The minimum absolute atomic E-state index is 0.0412. The van der Waals surface area contributed by atoms with E-state index in [0.29, 0.717) is 12.8 Å². The standard InChI is InChI=1S/C49H76NO9P/c1-4-6-8-10-12-14-16-18-20-22-23-25-27-29-31-33-35-37-39-41-49(53)59-46(43-57-60(54,55)58-44-47(50)45(3)51)42-56-48(52)40-38-36-34-32-30-28-26-24-21-19-17-15-13-11-9-7-5-2/h6,8,12,14-15,17-18,20-21,23-25,28-31,34-37,46-47H,4-5,7,9-11,13,16,19,22,26-27,32-33,38-44,50H2,1-3H3,(H,54,55). The maximum absolute atomic E-state index is 12.6. The van der Waals surface area contributed by atoms with E-state index in [1.807, 2.05) is 24.3 Å². The fraction of sp³-hybridized carbons (Fsp3) is 0.531. The maximum atomic E-state index is 12.6. The van der Waals surface area contributed by atoms with Crippen molar-refractivity contribution in [2.75, 3.05) is 19.8 Å². The Morgan fingerprint density at radius 2 is 0.933 bits per heavy atom. The van der Waals surface area contributed by atoms with Crippen LogP contribution in [0.3, 0.4) is 0 Å². The molecule has 0 aliphatic carbocycles. The van der Waals surface area contributed by atoms with E-state index in [1.54, 1.807) is 0 Å². The van der Waals surface area contributed by atoms with E-state index in [1.165, 1.54) is 32.6 Å². The highest BCUT2D eigenvalue weighted by atomic mass is 31.2. The van der Waals surface area contributed by atoms with Gasteiger partial charge in [0, 0.05) is 12.8 Å². The van der Waals surface area contributed by atoms with Gasteiger partial charge in [-0.25, -0.2) is 4.57 Å². The van der Waals surface area contributed by atoms with Crippen LogP contribution >= 0.6 is 7.82 Å². The number of allylic oxidation sites excluding steroid dienone is 20. The molecule has 3 atom stereocenters. The van der Waals surface area contributed by atoms with Crippen LogP contribution in [-0.4, -0.2) is 54.6 Å². The van der Waals surface area contributed by atoms with Crippen LogP contribution in [0.25, 0.3) is 0 Å². The van der Waals surface area contributed by atoms with Gasteiger partial charge in [-0.2, -0.15) is 0 Å². The molecule has 0 radical (unpaired) electrons. The second-order valence-corrected chi connectivity index (χ2v) is 15.5. The average molecular weight is 854 g/mol. The Bertz CT molecular complexity index is 1470. The summed E-state index contributed by atoms with van der Waals surface area (Å²) in [5.74, 6) is -1.55. The maximum Gasteiger partial charge on any atom is 0.472 e. The topological polar surface area (TPSA) is 151 Å². The smallest absolute Gasteiger partial charge is 0.462 e. The largest absolute Gasteiger partial charge is 0.472 e. The van der Waals surface area contributed by atoms with Gasteiger partial charge >= 0.3 is 19.8 Å². The van der Waals surface area contributed by atoms with Gasteiger partial charge in [0.2, 0.25) is 0 Å². The van der Waals surface area contributed by atoms with Crippen molar-refractivity contribution >= 4 is 25.5 Å². The summed E-state index contributed by atoms with van der Waals surface area (Å²) in [7, 11) is -4.65. The summed E-state index contributed by atoms with van der Waals surface area (Å²) in [6, 6.07) is -1.10. The van der Waals surface area contributed by atoms with E-state index in [0.717, 1.165) is 64.2 Å². The molecule has 0 aromatic carbocycles. The minimum Gasteiger partial charge on any atom is -0.462 e. The SMILES string of the molecule is CCC=CCC=CCC=CCC=CCC=CCC=CCCC(=O)OC(COC(=O)CCC=CCC=CCC=CCC=CCCCCCC)COP(=O)(O)OCC(N)C(C)=O. The highest BCUT2D eigenvalue weighted by Gasteiger charge is 2.27.